The lowest BCUT2D eigenvalue weighted by atomic mass is 10.1. The Morgan fingerprint density at radius 3 is 2.66 bits per heavy atom. The highest BCUT2D eigenvalue weighted by Gasteiger charge is 2.28. The van der Waals surface area contributed by atoms with Crippen molar-refractivity contribution in [2.24, 2.45) is 0 Å². The number of nitrogens with zero attached hydrogens (tertiary/aromatic N) is 3. The molecule has 2 N–H and O–H groups in total. The first-order chi connectivity index (χ1) is 14.0. The van der Waals surface area contributed by atoms with Gasteiger partial charge in [-0.1, -0.05) is 23.7 Å². The van der Waals surface area contributed by atoms with E-state index >= 15 is 0 Å². The summed E-state index contributed by atoms with van der Waals surface area (Å²) in [6.07, 6.45) is 4.64. The molecular formula is C21H19ClN4O3. The number of pyridine rings is 1. The number of amides is 1. The highest BCUT2D eigenvalue weighted by Crippen LogP contribution is 2.22. The van der Waals surface area contributed by atoms with Crippen molar-refractivity contribution in [1.29, 1.82) is 0 Å². The van der Waals surface area contributed by atoms with Gasteiger partial charge in [0.05, 0.1) is 29.7 Å². The van der Waals surface area contributed by atoms with Crippen molar-refractivity contribution in [3.63, 3.8) is 0 Å². The molecule has 0 bridgehead atoms. The van der Waals surface area contributed by atoms with Crippen LogP contribution in [0.3, 0.4) is 0 Å². The molecule has 4 rings (SSSR count). The van der Waals surface area contributed by atoms with Crippen molar-refractivity contribution in [1.82, 2.24) is 20.1 Å². The molecule has 0 radical (unpaired) electrons. The Balaban J connectivity index is 1.81. The number of carbonyl (C=O) groups is 1. The minimum absolute atomic E-state index is 0.0482. The van der Waals surface area contributed by atoms with Gasteiger partial charge in [0.15, 0.2) is 0 Å². The zero-order valence-corrected chi connectivity index (χ0v) is 16.2. The fourth-order valence-corrected chi connectivity index (χ4v) is 3.55. The Bertz CT molecular complexity index is 1080. The number of benzene rings is 1. The lowest BCUT2D eigenvalue weighted by Crippen LogP contribution is -2.42. The number of carbonyl (C=O) groups excluding carboxylic acids is 1. The summed E-state index contributed by atoms with van der Waals surface area (Å²) in [6.45, 7) is 0. The smallest absolute Gasteiger partial charge is 0.284 e. The van der Waals surface area contributed by atoms with E-state index in [1.807, 2.05) is 0 Å². The third-order valence-corrected chi connectivity index (χ3v) is 5.23. The minimum atomic E-state index is -0.600. The van der Waals surface area contributed by atoms with E-state index in [2.05, 4.69) is 15.4 Å². The average molecular weight is 411 g/mol. The third kappa shape index (κ3) is 4.06. The van der Waals surface area contributed by atoms with E-state index in [-0.39, 0.29) is 11.6 Å². The van der Waals surface area contributed by atoms with Crippen LogP contribution in [0.15, 0.2) is 59.7 Å². The predicted molar refractivity (Wildman–Crippen MR) is 109 cm³/mol. The van der Waals surface area contributed by atoms with Crippen LogP contribution < -0.4 is 10.9 Å². The summed E-state index contributed by atoms with van der Waals surface area (Å²) in [6, 6.07) is 11.5. The molecule has 2 aromatic heterocycles. The Hall–Kier alpha value is -3.03. The van der Waals surface area contributed by atoms with Gasteiger partial charge in [0.25, 0.3) is 11.5 Å². The highest BCUT2D eigenvalue weighted by molar-refractivity contribution is 6.30. The van der Waals surface area contributed by atoms with Crippen LogP contribution >= 0.6 is 11.6 Å². The Labute approximate surface area is 172 Å². The fourth-order valence-electron chi connectivity index (χ4n) is 3.43. The highest BCUT2D eigenvalue weighted by atomic mass is 35.5. The van der Waals surface area contributed by atoms with Crippen molar-refractivity contribution >= 4 is 17.5 Å². The van der Waals surface area contributed by atoms with Crippen LogP contribution in [-0.2, 0) is 0 Å². The van der Waals surface area contributed by atoms with E-state index in [1.165, 1.54) is 12.3 Å². The molecule has 0 spiro atoms. The summed E-state index contributed by atoms with van der Waals surface area (Å²) in [5.41, 5.74) is 1.00. The van der Waals surface area contributed by atoms with Crippen LogP contribution in [0.1, 0.15) is 29.6 Å². The monoisotopic (exact) mass is 410 g/mol. The van der Waals surface area contributed by atoms with Crippen LogP contribution in [0.4, 0.5) is 0 Å². The number of aliphatic hydroxyl groups is 1. The summed E-state index contributed by atoms with van der Waals surface area (Å²) in [5, 5.41) is 17.8. The van der Waals surface area contributed by atoms with Crippen molar-refractivity contribution in [3.05, 3.63) is 75.8 Å². The molecule has 2 heterocycles. The average Bonchev–Trinajstić information content (AvgIpc) is 3.14. The molecule has 7 nitrogen and oxygen atoms in total. The number of hydrogen-bond acceptors (Lipinski definition) is 5. The zero-order chi connectivity index (χ0) is 20.4. The largest absolute Gasteiger partial charge is 0.391 e. The summed E-state index contributed by atoms with van der Waals surface area (Å²) in [5.74, 6) is -0.531. The van der Waals surface area contributed by atoms with E-state index in [1.54, 1.807) is 42.6 Å². The van der Waals surface area contributed by atoms with Crippen LogP contribution in [-0.4, -0.2) is 37.9 Å². The molecule has 1 fully saturated rings. The second kappa shape index (κ2) is 8.14. The second-order valence-corrected chi connectivity index (χ2v) is 7.39. The van der Waals surface area contributed by atoms with E-state index < -0.39 is 17.6 Å². The van der Waals surface area contributed by atoms with Crippen LogP contribution in [0.2, 0.25) is 5.02 Å². The first kappa shape index (κ1) is 19.3. The molecule has 1 aliphatic rings. The molecule has 29 heavy (non-hydrogen) atoms. The third-order valence-electron chi connectivity index (χ3n) is 4.98. The normalized spacial score (nSPS) is 18.6. The number of halogens is 1. The number of rotatable bonds is 4. The number of aromatic nitrogens is 3. The zero-order valence-electron chi connectivity index (χ0n) is 15.5. The molecule has 0 saturated heterocycles. The Kier molecular flexibility index (Phi) is 5.42. The Morgan fingerprint density at radius 2 is 2.00 bits per heavy atom. The van der Waals surface area contributed by atoms with Crippen LogP contribution in [0.25, 0.3) is 16.9 Å². The molecule has 1 aromatic carbocycles. The predicted octanol–water partition coefficient (Wildman–Crippen LogP) is 2.59. The van der Waals surface area contributed by atoms with E-state index in [0.29, 0.717) is 34.8 Å². The number of hydrogen-bond donors (Lipinski definition) is 2. The SMILES string of the molecule is O=C(N[C@@H]1CCC[C@H]1O)c1cc(-c2ccc(Cl)cc2)nn(-c2cccnc2)c1=O. The van der Waals surface area contributed by atoms with Gasteiger partial charge >= 0.3 is 0 Å². The molecule has 1 saturated carbocycles. The van der Waals surface area contributed by atoms with Gasteiger partial charge < -0.3 is 10.4 Å². The molecule has 148 valence electrons. The van der Waals surface area contributed by atoms with Crippen molar-refractivity contribution in [3.8, 4) is 16.9 Å². The van der Waals surface area contributed by atoms with E-state index in [0.717, 1.165) is 11.1 Å². The molecule has 0 aliphatic heterocycles. The summed E-state index contributed by atoms with van der Waals surface area (Å²) < 4.78 is 1.16. The van der Waals surface area contributed by atoms with Gasteiger partial charge in [0.1, 0.15) is 5.56 Å². The Morgan fingerprint density at radius 1 is 1.21 bits per heavy atom. The van der Waals surface area contributed by atoms with Crippen LogP contribution in [0.5, 0.6) is 0 Å². The topological polar surface area (TPSA) is 97.1 Å². The number of nitrogens with one attached hydrogen (secondary N) is 1. The van der Waals surface area contributed by atoms with E-state index in [4.69, 9.17) is 11.6 Å². The maximum absolute atomic E-state index is 13.0. The van der Waals surface area contributed by atoms with Crippen molar-refractivity contribution < 1.29 is 9.90 Å². The molecule has 1 amide bonds. The lowest BCUT2D eigenvalue weighted by Gasteiger charge is -2.17. The molecule has 1 aliphatic carbocycles. The van der Waals surface area contributed by atoms with Gasteiger partial charge in [-0.05, 0) is 49.6 Å². The first-order valence-electron chi connectivity index (χ1n) is 9.32. The number of aliphatic hydroxyl groups excluding tert-OH is 1. The first-order valence-corrected chi connectivity index (χ1v) is 9.70. The van der Waals surface area contributed by atoms with Gasteiger partial charge in [0.2, 0.25) is 0 Å². The molecular weight excluding hydrogens is 392 g/mol. The van der Waals surface area contributed by atoms with Crippen molar-refractivity contribution in [2.75, 3.05) is 0 Å². The summed E-state index contributed by atoms with van der Waals surface area (Å²) in [4.78, 5) is 30.0. The maximum atomic E-state index is 13.0. The van der Waals surface area contributed by atoms with Crippen molar-refractivity contribution in [2.45, 2.75) is 31.4 Å². The minimum Gasteiger partial charge on any atom is -0.391 e. The van der Waals surface area contributed by atoms with Gasteiger partial charge in [-0.3, -0.25) is 14.6 Å². The van der Waals surface area contributed by atoms with E-state index in [9.17, 15) is 14.7 Å². The lowest BCUT2D eigenvalue weighted by molar-refractivity contribution is 0.0871. The quantitative estimate of drug-likeness (QED) is 0.689. The maximum Gasteiger partial charge on any atom is 0.284 e. The van der Waals surface area contributed by atoms with Crippen LogP contribution in [0, 0.1) is 0 Å². The van der Waals surface area contributed by atoms with Gasteiger partial charge in [0, 0.05) is 16.8 Å². The fraction of sp³-hybridized carbons (Fsp3) is 0.238. The molecule has 3 aromatic rings. The molecule has 2 atom stereocenters. The van der Waals surface area contributed by atoms with Gasteiger partial charge in [-0.2, -0.15) is 9.78 Å². The molecule has 8 heteroatoms. The summed E-state index contributed by atoms with van der Waals surface area (Å²) >= 11 is 5.97. The standard InChI is InChI=1S/C21H19ClN4O3/c22-14-8-6-13(7-9-14)18-11-16(20(28)24-17-4-1-5-19(17)27)21(29)26(25-18)15-3-2-10-23-12-15/h2-3,6-12,17,19,27H,1,4-5H2,(H,24,28)/t17-,19-/m1/s1. The second-order valence-electron chi connectivity index (χ2n) is 6.96. The van der Waals surface area contributed by atoms with Gasteiger partial charge in [-0.25, -0.2) is 0 Å². The molecule has 0 unspecified atom stereocenters. The van der Waals surface area contributed by atoms with Gasteiger partial charge in [-0.15, -0.1) is 0 Å². The summed E-state index contributed by atoms with van der Waals surface area (Å²) in [7, 11) is 0.